The van der Waals surface area contributed by atoms with E-state index >= 15 is 0 Å². The minimum absolute atomic E-state index is 0.234. The van der Waals surface area contributed by atoms with Gasteiger partial charge < -0.3 is 4.74 Å². The van der Waals surface area contributed by atoms with E-state index in [2.05, 4.69) is 13.0 Å². The van der Waals surface area contributed by atoms with Gasteiger partial charge in [-0.3, -0.25) is 0 Å². The van der Waals surface area contributed by atoms with Gasteiger partial charge in [-0.25, -0.2) is 0 Å². The maximum Gasteiger partial charge on any atom is 0.0684 e. The lowest BCUT2D eigenvalue weighted by Crippen LogP contribution is -2.12. The molecule has 0 spiro atoms. The van der Waals surface area contributed by atoms with Crippen molar-refractivity contribution in [2.45, 2.75) is 59.3 Å². The minimum Gasteiger partial charge on any atom is -0.381 e. The maximum absolute atomic E-state index is 8.79. The van der Waals surface area contributed by atoms with Gasteiger partial charge in [0.1, 0.15) is 0 Å². The van der Waals surface area contributed by atoms with Crippen LogP contribution in [0.15, 0.2) is 0 Å². The number of hydrogen-bond donors (Lipinski definition) is 0. The standard InChI is InChI=1S/C13H25NO/c1-4-5-6-7-8-10-15-11-9-13(2,3)12-14/h4-11H2,1-3H3. The van der Waals surface area contributed by atoms with Crippen LogP contribution in [0.3, 0.4) is 0 Å². The first-order chi connectivity index (χ1) is 7.12. The Labute approximate surface area is 94.6 Å². The molecule has 0 unspecified atom stereocenters. The molecule has 0 aromatic rings. The topological polar surface area (TPSA) is 33.0 Å². The molecule has 0 N–H and O–H groups in total. The number of ether oxygens (including phenoxy) is 1. The van der Waals surface area contributed by atoms with Crippen molar-refractivity contribution in [1.29, 1.82) is 5.26 Å². The molecule has 88 valence electrons. The number of nitriles is 1. The molecule has 0 aliphatic carbocycles. The van der Waals surface area contributed by atoms with Crippen LogP contribution >= 0.6 is 0 Å². The molecule has 0 saturated carbocycles. The van der Waals surface area contributed by atoms with Crippen LogP contribution in [0.2, 0.25) is 0 Å². The minimum atomic E-state index is -0.234. The molecule has 15 heavy (non-hydrogen) atoms. The van der Waals surface area contributed by atoms with Gasteiger partial charge in [0.25, 0.3) is 0 Å². The number of nitrogens with zero attached hydrogens (tertiary/aromatic N) is 1. The lowest BCUT2D eigenvalue weighted by molar-refractivity contribution is 0.111. The number of rotatable bonds is 9. The predicted molar refractivity (Wildman–Crippen MR) is 63.6 cm³/mol. The fraction of sp³-hybridized carbons (Fsp3) is 0.923. The van der Waals surface area contributed by atoms with Crippen LogP contribution in [0, 0.1) is 16.7 Å². The van der Waals surface area contributed by atoms with E-state index in [0.29, 0.717) is 6.61 Å². The largest absolute Gasteiger partial charge is 0.381 e. The van der Waals surface area contributed by atoms with E-state index in [1.165, 1.54) is 25.7 Å². The van der Waals surface area contributed by atoms with Crippen LogP contribution in [0.5, 0.6) is 0 Å². The molecule has 2 heteroatoms. The van der Waals surface area contributed by atoms with Gasteiger partial charge in [-0.2, -0.15) is 5.26 Å². The second kappa shape index (κ2) is 8.73. The van der Waals surface area contributed by atoms with E-state index in [9.17, 15) is 0 Å². The molecule has 0 saturated heterocycles. The highest BCUT2D eigenvalue weighted by molar-refractivity contribution is 4.91. The molecule has 0 heterocycles. The van der Waals surface area contributed by atoms with Crippen LogP contribution in [0.1, 0.15) is 59.3 Å². The molecule has 0 aliphatic heterocycles. The van der Waals surface area contributed by atoms with Crippen molar-refractivity contribution in [3.63, 3.8) is 0 Å². The Morgan fingerprint density at radius 1 is 1.07 bits per heavy atom. The van der Waals surface area contributed by atoms with Gasteiger partial charge in [0, 0.05) is 13.2 Å². The normalized spacial score (nSPS) is 11.3. The summed E-state index contributed by atoms with van der Waals surface area (Å²) in [5, 5.41) is 8.79. The van der Waals surface area contributed by atoms with Crippen molar-refractivity contribution in [3.05, 3.63) is 0 Å². The Bertz CT molecular complexity index is 181. The van der Waals surface area contributed by atoms with E-state index < -0.39 is 0 Å². The number of hydrogen-bond acceptors (Lipinski definition) is 2. The Morgan fingerprint density at radius 2 is 1.73 bits per heavy atom. The third-order valence-corrected chi connectivity index (χ3v) is 2.57. The predicted octanol–water partition coefficient (Wildman–Crippen LogP) is 3.91. The third kappa shape index (κ3) is 9.75. The quantitative estimate of drug-likeness (QED) is 0.542. The van der Waals surface area contributed by atoms with Crippen molar-refractivity contribution in [2.24, 2.45) is 5.41 Å². The van der Waals surface area contributed by atoms with Gasteiger partial charge in [0.05, 0.1) is 11.5 Å². The summed E-state index contributed by atoms with van der Waals surface area (Å²) in [6.45, 7) is 7.70. The van der Waals surface area contributed by atoms with Gasteiger partial charge in [-0.05, 0) is 26.7 Å². The summed E-state index contributed by atoms with van der Waals surface area (Å²) in [5.41, 5.74) is -0.234. The molecule has 0 radical (unpaired) electrons. The summed E-state index contributed by atoms with van der Waals surface area (Å²) in [6, 6.07) is 2.28. The maximum atomic E-state index is 8.79. The Morgan fingerprint density at radius 3 is 2.33 bits per heavy atom. The molecular weight excluding hydrogens is 186 g/mol. The zero-order valence-electron chi connectivity index (χ0n) is 10.5. The fourth-order valence-corrected chi connectivity index (χ4v) is 1.29. The average molecular weight is 211 g/mol. The van der Waals surface area contributed by atoms with Crippen LogP contribution in [0.4, 0.5) is 0 Å². The lowest BCUT2D eigenvalue weighted by Gasteiger charge is -2.14. The Hall–Kier alpha value is -0.550. The van der Waals surface area contributed by atoms with Crippen LogP contribution in [-0.4, -0.2) is 13.2 Å². The van der Waals surface area contributed by atoms with Gasteiger partial charge in [0.2, 0.25) is 0 Å². The highest BCUT2D eigenvalue weighted by Crippen LogP contribution is 2.18. The SMILES string of the molecule is CCCCCCCOCCC(C)(C)C#N. The molecule has 0 amide bonds. The Balaban J connectivity index is 3.16. The van der Waals surface area contributed by atoms with Crippen molar-refractivity contribution >= 4 is 0 Å². The fourth-order valence-electron chi connectivity index (χ4n) is 1.29. The van der Waals surface area contributed by atoms with Gasteiger partial charge >= 0.3 is 0 Å². The van der Waals surface area contributed by atoms with E-state index in [-0.39, 0.29) is 5.41 Å². The van der Waals surface area contributed by atoms with E-state index in [1.807, 2.05) is 13.8 Å². The Kier molecular flexibility index (Phi) is 8.41. The van der Waals surface area contributed by atoms with Crippen LogP contribution in [-0.2, 0) is 4.74 Å². The van der Waals surface area contributed by atoms with Gasteiger partial charge in [-0.1, -0.05) is 32.6 Å². The first-order valence-electron chi connectivity index (χ1n) is 6.11. The highest BCUT2D eigenvalue weighted by Gasteiger charge is 2.15. The van der Waals surface area contributed by atoms with E-state index in [0.717, 1.165) is 19.4 Å². The zero-order chi connectivity index (χ0) is 11.6. The summed E-state index contributed by atoms with van der Waals surface area (Å²) in [7, 11) is 0. The smallest absolute Gasteiger partial charge is 0.0684 e. The van der Waals surface area contributed by atoms with E-state index in [4.69, 9.17) is 10.00 Å². The first-order valence-corrected chi connectivity index (χ1v) is 6.11. The van der Waals surface area contributed by atoms with Crippen molar-refractivity contribution < 1.29 is 4.74 Å². The molecule has 2 nitrogen and oxygen atoms in total. The molecule has 0 bridgehead atoms. The van der Waals surface area contributed by atoms with Crippen molar-refractivity contribution in [3.8, 4) is 6.07 Å². The molecular formula is C13H25NO. The second-order valence-electron chi connectivity index (χ2n) is 4.77. The summed E-state index contributed by atoms with van der Waals surface area (Å²) < 4.78 is 5.50. The number of unbranched alkanes of at least 4 members (excludes halogenated alkanes) is 4. The van der Waals surface area contributed by atoms with E-state index in [1.54, 1.807) is 0 Å². The zero-order valence-corrected chi connectivity index (χ0v) is 10.5. The molecule has 0 aliphatic rings. The summed E-state index contributed by atoms with van der Waals surface area (Å²) in [5.74, 6) is 0. The third-order valence-electron chi connectivity index (χ3n) is 2.57. The second-order valence-corrected chi connectivity index (χ2v) is 4.77. The van der Waals surface area contributed by atoms with Crippen LogP contribution < -0.4 is 0 Å². The highest BCUT2D eigenvalue weighted by atomic mass is 16.5. The summed E-state index contributed by atoms with van der Waals surface area (Å²) in [4.78, 5) is 0. The van der Waals surface area contributed by atoms with Crippen molar-refractivity contribution in [1.82, 2.24) is 0 Å². The average Bonchev–Trinajstić information content (AvgIpc) is 2.22. The molecule has 0 fully saturated rings. The van der Waals surface area contributed by atoms with Gasteiger partial charge in [0.15, 0.2) is 0 Å². The monoisotopic (exact) mass is 211 g/mol. The molecule has 0 aromatic heterocycles. The summed E-state index contributed by atoms with van der Waals surface area (Å²) >= 11 is 0. The van der Waals surface area contributed by atoms with Crippen LogP contribution in [0.25, 0.3) is 0 Å². The summed E-state index contributed by atoms with van der Waals surface area (Å²) in [6.07, 6.45) is 7.21. The molecule has 0 aromatic carbocycles. The van der Waals surface area contributed by atoms with Gasteiger partial charge in [-0.15, -0.1) is 0 Å². The lowest BCUT2D eigenvalue weighted by atomic mass is 9.92. The first kappa shape index (κ1) is 14.5. The van der Waals surface area contributed by atoms with Crippen molar-refractivity contribution in [2.75, 3.05) is 13.2 Å². The molecule has 0 atom stereocenters. The molecule has 0 rings (SSSR count).